The van der Waals surface area contributed by atoms with Gasteiger partial charge in [0.25, 0.3) is 0 Å². The van der Waals surface area contributed by atoms with Crippen molar-refractivity contribution < 1.29 is 0 Å². The maximum Gasteiger partial charge on any atom is 0.142 e. The monoisotopic (exact) mass is 213 g/mol. The SMILES string of the molecule is N#Cc1cc(NC(C2CC2)C2CC2)ccn1. The summed E-state index contributed by atoms with van der Waals surface area (Å²) in [5.74, 6) is 1.73. The maximum absolute atomic E-state index is 8.80. The Bertz CT molecular complexity index is 415. The van der Waals surface area contributed by atoms with Crippen molar-refractivity contribution in [3.63, 3.8) is 0 Å². The van der Waals surface area contributed by atoms with E-state index in [0.29, 0.717) is 11.7 Å². The summed E-state index contributed by atoms with van der Waals surface area (Å²) in [5, 5.41) is 12.4. The molecule has 3 heteroatoms. The molecule has 0 unspecified atom stereocenters. The molecule has 82 valence electrons. The number of nitriles is 1. The van der Waals surface area contributed by atoms with E-state index < -0.39 is 0 Å². The van der Waals surface area contributed by atoms with Crippen LogP contribution in [0, 0.1) is 23.2 Å². The Kier molecular flexibility index (Phi) is 2.28. The van der Waals surface area contributed by atoms with Crippen LogP contribution in [-0.4, -0.2) is 11.0 Å². The van der Waals surface area contributed by atoms with Crippen LogP contribution in [0.1, 0.15) is 31.4 Å². The van der Waals surface area contributed by atoms with Gasteiger partial charge in [0.15, 0.2) is 0 Å². The predicted molar refractivity (Wildman–Crippen MR) is 61.8 cm³/mol. The zero-order valence-electron chi connectivity index (χ0n) is 9.19. The van der Waals surface area contributed by atoms with Gasteiger partial charge in [0, 0.05) is 17.9 Å². The van der Waals surface area contributed by atoms with Crippen molar-refractivity contribution >= 4 is 5.69 Å². The normalized spacial score (nSPS) is 19.5. The standard InChI is InChI=1S/C13H15N3/c14-8-12-7-11(5-6-15-12)16-13(9-1-2-9)10-3-4-10/h5-7,9-10,13H,1-4H2,(H,15,16). The third-order valence-corrected chi connectivity index (χ3v) is 3.47. The lowest BCUT2D eigenvalue weighted by molar-refractivity contribution is 0.568. The highest BCUT2D eigenvalue weighted by atomic mass is 15.0. The van der Waals surface area contributed by atoms with Crippen LogP contribution in [0.5, 0.6) is 0 Å². The minimum absolute atomic E-state index is 0.496. The highest BCUT2D eigenvalue weighted by Crippen LogP contribution is 2.45. The first-order chi connectivity index (χ1) is 7.86. The van der Waals surface area contributed by atoms with Crippen molar-refractivity contribution in [2.45, 2.75) is 31.7 Å². The Morgan fingerprint density at radius 3 is 2.56 bits per heavy atom. The van der Waals surface area contributed by atoms with E-state index in [2.05, 4.69) is 16.4 Å². The molecule has 0 saturated heterocycles. The smallest absolute Gasteiger partial charge is 0.142 e. The summed E-state index contributed by atoms with van der Waals surface area (Å²) in [5.41, 5.74) is 1.55. The summed E-state index contributed by atoms with van der Waals surface area (Å²) < 4.78 is 0. The van der Waals surface area contributed by atoms with Crippen LogP contribution in [0.4, 0.5) is 5.69 Å². The molecule has 2 fully saturated rings. The van der Waals surface area contributed by atoms with Crippen molar-refractivity contribution in [1.82, 2.24) is 4.98 Å². The van der Waals surface area contributed by atoms with Crippen molar-refractivity contribution in [3.05, 3.63) is 24.0 Å². The van der Waals surface area contributed by atoms with Gasteiger partial charge in [-0.1, -0.05) is 0 Å². The first-order valence-corrected chi connectivity index (χ1v) is 5.99. The van der Waals surface area contributed by atoms with Crippen LogP contribution in [0.3, 0.4) is 0 Å². The van der Waals surface area contributed by atoms with Gasteiger partial charge in [-0.25, -0.2) is 4.98 Å². The minimum Gasteiger partial charge on any atom is -0.382 e. The number of nitrogens with one attached hydrogen (secondary N) is 1. The van der Waals surface area contributed by atoms with Crippen LogP contribution in [0.25, 0.3) is 0 Å². The molecule has 1 heterocycles. The van der Waals surface area contributed by atoms with E-state index in [-0.39, 0.29) is 0 Å². The van der Waals surface area contributed by atoms with Gasteiger partial charge in [-0.2, -0.15) is 5.26 Å². The Balaban J connectivity index is 1.73. The fraction of sp³-hybridized carbons (Fsp3) is 0.538. The number of hydrogen-bond acceptors (Lipinski definition) is 3. The molecule has 2 aliphatic rings. The van der Waals surface area contributed by atoms with Gasteiger partial charge in [0.05, 0.1) is 0 Å². The third-order valence-electron chi connectivity index (χ3n) is 3.47. The van der Waals surface area contributed by atoms with Crippen molar-refractivity contribution in [1.29, 1.82) is 5.26 Å². The van der Waals surface area contributed by atoms with Gasteiger partial charge < -0.3 is 5.32 Å². The van der Waals surface area contributed by atoms with Gasteiger partial charge >= 0.3 is 0 Å². The average molecular weight is 213 g/mol. The number of anilines is 1. The molecular weight excluding hydrogens is 198 g/mol. The molecule has 1 aromatic heterocycles. The van der Waals surface area contributed by atoms with Crippen molar-refractivity contribution in [2.75, 3.05) is 5.32 Å². The van der Waals surface area contributed by atoms with Crippen LogP contribution >= 0.6 is 0 Å². The Labute approximate surface area is 95.5 Å². The Morgan fingerprint density at radius 2 is 2.00 bits per heavy atom. The summed E-state index contributed by atoms with van der Waals surface area (Å²) >= 11 is 0. The van der Waals surface area contributed by atoms with Crippen molar-refractivity contribution in [3.8, 4) is 6.07 Å². The fourth-order valence-corrected chi connectivity index (χ4v) is 2.31. The highest BCUT2D eigenvalue weighted by molar-refractivity contribution is 5.47. The summed E-state index contributed by atoms with van der Waals surface area (Å²) in [6.07, 6.45) is 7.17. The molecule has 0 aromatic carbocycles. The number of pyridine rings is 1. The van der Waals surface area contributed by atoms with Crippen LogP contribution in [0.15, 0.2) is 18.3 Å². The zero-order chi connectivity index (χ0) is 11.0. The molecule has 0 spiro atoms. The van der Waals surface area contributed by atoms with E-state index in [1.54, 1.807) is 6.20 Å². The van der Waals surface area contributed by atoms with E-state index >= 15 is 0 Å². The van der Waals surface area contributed by atoms with E-state index in [4.69, 9.17) is 5.26 Å². The maximum atomic E-state index is 8.80. The molecule has 16 heavy (non-hydrogen) atoms. The largest absolute Gasteiger partial charge is 0.382 e. The Morgan fingerprint density at radius 1 is 1.31 bits per heavy atom. The second-order valence-electron chi connectivity index (χ2n) is 4.89. The van der Waals surface area contributed by atoms with Crippen LogP contribution < -0.4 is 5.32 Å². The fourth-order valence-electron chi connectivity index (χ4n) is 2.31. The second kappa shape index (κ2) is 3.79. The molecule has 0 amide bonds. The molecule has 0 atom stereocenters. The molecule has 3 nitrogen and oxygen atoms in total. The molecule has 2 saturated carbocycles. The van der Waals surface area contributed by atoms with Crippen molar-refractivity contribution in [2.24, 2.45) is 11.8 Å². The topological polar surface area (TPSA) is 48.7 Å². The molecule has 1 N–H and O–H groups in total. The lowest BCUT2D eigenvalue weighted by Crippen LogP contribution is -2.24. The first kappa shape index (κ1) is 9.65. The van der Waals surface area contributed by atoms with Gasteiger partial charge in [-0.15, -0.1) is 0 Å². The highest BCUT2D eigenvalue weighted by Gasteiger charge is 2.41. The quantitative estimate of drug-likeness (QED) is 0.836. The second-order valence-corrected chi connectivity index (χ2v) is 4.89. The summed E-state index contributed by atoms with van der Waals surface area (Å²) in [4.78, 5) is 3.99. The number of aromatic nitrogens is 1. The van der Waals surface area contributed by atoms with E-state index in [0.717, 1.165) is 17.5 Å². The molecule has 0 aliphatic heterocycles. The van der Waals surface area contributed by atoms with E-state index in [1.165, 1.54) is 25.7 Å². The van der Waals surface area contributed by atoms with Crippen LogP contribution in [-0.2, 0) is 0 Å². The molecular formula is C13H15N3. The van der Waals surface area contributed by atoms with E-state index in [1.807, 2.05) is 12.1 Å². The number of hydrogen-bond donors (Lipinski definition) is 1. The zero-order valence-corrected chi connectivity index (χ0v) is 9.19. The summed E-state index contributed by atoms with van der Waals surface area (Å²) in [6, 6.07) is 6.51. The first-order valence-electron chi connectivity index (χ1n) is 5.99. The van der Waals surface area contributed by atoms with Gasteiger partial charge in [-0.05, 0) is 49.7 Å². The molecule has 1 aromatic rings. The summed E-state index contributed by atoms with van der Waals surface area (Å²) in [6.45, 7) is 0. The number of rotatable bonds is 4. The molecule has 2 aliphatic carbocycles. The number of nitrogens with zero attached hydrogens (tertiary/aromatic N) is 2. The average Bonchev–Trinajstić information content (AvgIpc) is 3.18. The molecule has 0 radical (unpaired) electrons. The predicted octanol–water partition coefficient (Wildman–Crippen LogP) is 2.55. The Hall–Kier alpha value is -1.56. The minimum atomic E-state index is 0.496. The molecule has 0 bridgehead atoms. The third kappa shape index (κ3) is 2.01. The van der Waals surface area contributed by atoms with Crippen LogP contribution in [0.2, 0.25) is 0 Å². The lowest BCUT2D eigenvalue weighted by Gasteiger charge is -2.18. The van der Waals surface area contributed by atoms with E-state index in [9.17, 15) is 0 Å². The van der Waals surface area contributed by atoms with Gasteiger partial charge in [0.1, 0.15) is 11.8 Å². The van der Waals surface area contributed by atoms with Gasteiger partial charge in [-0.3, -0.25) is 0 Å². The van der Waals surface area contributed by atoms with Gasteiger partial charge in [0.2, 0.25) is 0 Å². The summed E-state index contributed by atoms with van der Waals surface area (Å²) in [7, 11) is 0. The molecule has 3 rings (SSSR count). The lowest BCUT2D eigenvalue weighted by atomic mass is 10.1.